The minimum atomic E-state index is -0.496. The van der Waals surface area contributed by atoms with Crippen LogP contribution in [0.2, 0.25) is 0 Å². The van der Waals surface area contributed by atoms with Gasteiger partial charge in [0.15, 0.2) is 5.65 Å². The van der Waals surface area contributed by atoms with Crippen LogP contribution in [0, 0.1) is 3.57 Å². The summed E-state index contributed by atoms with van der Waals surface area (Å²) < 4.78 is 9.55. The van der Waals surface area contributed by atoms with Crippen molar-refractivity contribution in [2.24, 2.45) is 0 Å². The summed E-state index contributed by atoms with van der Waals surface area (Å²) in [5.41, 5.74) is 0.0301. The average Bonchev–Trinajstić information content (AvgIpc) is 2.82. The van der Waals surface area contributed by atoms with E-state index in [1.807, 2.05) is 32.9 Å². The third kappa shape index (κ3) is 3.57. The molecule has 0 N–H and O–H groups in total. The highest BCUT2D eigenvalue weighted by atomic mass is 127. The van der Waals surface area contributed by atoms with Gasteiger partial charge in [0.2, 0.25) is 0 Å². The van der Waals surface area contributed by atoms with Gasteiger partial charge in [0.1, 0.15) is 5.60 Å². The van der Waals surface area contributed by atoms with Crippen LogP contribution in [0.1, 0.15) is 39.7 Å². The van der Waals surface area contributed by atoms with Gasteiger partial charge in [-0.05, 0) is 68.3 Å². The number of nitrogens with zero attached hydrogens (tertiary/aromatic N) is 4. The molecule has 1 fully saturated rings. The molecule has 0 aromatic carbocycles. The van der Waals surface area contributed by atoms with Crippen molar-refractivity contribution >= 4 is 34.3 Å². The third-order valence-corrected chi connectivity index (χ3v) is 4.64. The average molecular weight is 444 g/mol. The fourth-order valence-corrected chi connectivity index (χ4v) is 3.26. The Labute approximate surface area is 153 Å². The Balaban J connectivity index is 1.72. The van der Waals surface area contributed by atoms with Crippen molar-refractivity contribution in [2.45, 2.75) is 45.3 Å². The first-order chi connectivity index (χ1) is 11.2. The van der Waals surface area contributed by atoms with E-state index in [-0.39, 0.29) is 17.8 Å². The molecule has 2 aromatic rings. The lowest BCUT2D eigenvalue weighted by Crippen LogP contribution is -2.43. The van der Waals surface area contributed by atoms with Crippen molar-refractivity contribution in [2.75, 3.05) is 13.1 Å². The molecule has 3 heterocycles. The molecule has 3 rings (SSSR count). The van der Waals surface area contributed by atoms with Gasteiger partial charge in [-0.25, -0.2) is 14.3 Å². The zero-order chi connectivity index (χ0) is 17.5. The second-order valence-corrected chi connectivity index (χ2v) is 8.24. The Bertz CT molecular complexity index is 813. The first-order valence-electron chi connectivity index (χ1n) is 7.99. The maximum Gasteiger partial charge on any atom is 0.410 e. The fraction of sp³-hybridized carbons (Fsp3) is 0.562. The van der Waals surface area contributed by atoms with Crippen LogP contribution in [0.25, 0.3) is 5.65 Å². The van der Waals surface area contributed by atoms with E-state index in [9.17, 15) is 9.59 Å². The molecule has 2 aromatic heterocycles. The molecular formula is C16H21IN4O3. The number of carbonyl (C=O) groups excluding carboxylic acids is 1. The largest absolute Gasteiger partial charge is 0.444 e. The molecule has 0 spiro atoms. The Kier molecular flexibility index (Phi) is 4.58. The zero-order valence-electron chi connectivity index (χ0n) is 14.0. The van der Waals surface area contributed by atoms with Gasteiger partial charge in [-0.15, -0.1) is 5.10 Å². The van der Waals surface area contributed by atoms with E-state index < -0.39 is 5.60 Å². The van der Waals surface area contributed by atoms with Crippen molar-refractivity contribution in [1.29, 1.82) is 0 Å². The predicted molar refractivity (Wildman–Crippen MR) is 98.2 cm³/mol. The summed E-state index contributed by atoms with van der Waals surface area (Å²) in [5.74, 6) is 0. The second-order valence-electron chi connectivity index (χ2n) is 7.00. The molecule has 0 radical (unpaired) electrons. The van der Waals surface area contributed by atoms with Crippen LogP contribution in [0.4, 0.5) is 4.79 Å². The van der Waals surface area contributed by atoms with Crippen molar-refractivity contribution in [1.82, 2.24) is 19.1 Å². The van der Waals surface area contributed by atoms with Gasteiger partial charge >= 0.3 is 11.8 Å². The maximum absolute atomic E-state index is 12.5. The number of hydrogen-bond acceptors (Lipinski definition) is 4. The van der Waals surface area contributed by atoms with Gasteiger partial charge in [-0.3, -0.25) is 4.40 Å². The summed E-state index contributed by atoms with van der Waals surface area (Å²) in [5, 5.41) is 4.45. The smallest absolute Gasteiger partial charge is 0.410 e. The summed E-state index contributed by atoms with van der Waals surface area (Å²) in [6.07, 6.45) is 2.84. The Morgan fingerprint density at radius 3 is 2.62 bits per heavy atom. The molecule has 0 saturated carbocycles. The van der Waals surface area contributed by atoms with Crippen molar-refractivity contribution in [3.63, 3.8) is 0 Å². The van der Waals surface area contributed by atoms with E-state index in [1.54, 1.807) is 20.2 Å². The summed E-state index contributed by atoms with van der Waals surface area (Å²) in [6, 6.07) is 3.77. The molecule has 1 aliphatic heterocycles. The number of aromatic nitrogens is 3. The third-order valence-electron chi connectivity index (χ3n) is 3.97. The van der Waals surface area contributed by atoms with Crippen LogP contribution < -0.4 is 5.69 Å². The summed E-state index contributed by atoms with van der Waals surface area (Å²) in [4.78, 5) is 26.3. The molecule has 24 heavy (non-hydrogen) atoms. The molecule has 1 amide bonds. The minimum absolute atomic E-state index is 0.00810. The number of rotatable bonds is 1. The molecule has 8 heteroatoms. The summed E-state index contributed by atoms with van der Waals surface area (Å²) in [7, 11) is 0. The molecule has 1 aliphatic rings. The van der Waals surface area contributed by atoms with Gasteiger partial charge in [0.05, 0.1) is 6.04 Å². The molecule has 1 saturated heterocycles. The first-order valence-corrected chi connectivity index (χ1v) is 9.07. The number of carbonyl (C=O) groups is 1. The highest BCUT2D eigenvalue weighted by molar-refractivity contribution is 14.1. The Hall–Kier alpha value is -1.58. The molecular weight excluding hydrogens is 423 g/mol. The first kappa shape index (κ1) is 17.2. The number of amides is 1. The highest BCUT2D eigenvalue weighted by Crippen LogP contribution is 2.22. The van der Waals surface area contributed by atoms with Crippen LogP contribution >= 0.6 is 22.6 Å². The Morgan fingerprint density at radius 2 is 2.00 bits per heavy atom. The predicted octanol–water partition coefficient (Wildman–Crippen LogP) is 2.67. The second kappa shape index (κ2) is 6.38. The monoisotopic (exact) mass is 444 g/mol. The maximum atomic E-state index is 12.5. The number of likely N-dealkylation sites (tertiary alicyclic amines) is 1. The number of halogens is 1. The lowest BCUT2D eigenvalue weighted by Gasteiger charge is -2.33. The SMILES string of the molecule is CC(C)(C)OC(=O)N1CCC(n2nc3cc(I)ccn3c2=O)CC1. The van der Waals surface area contributed by atoms with Crippen LogP contribution in [0.5, 0.6) is 0 Å². The quantitative estimate of drug-likeness (QED) is 0.635. The van der Waals surface area contributed by atoms with E-state index >= 15 is 0 Å². The van der Waals surface area contributed by atoms with Crippen LogP contribution in [-0.4, -0.2) is 43.9 Å². The number of pyridine rings is 1. The molecule has 0 aliphatic carbocycles. The van der Waals surface area contributed by atoms with Crippen molar-refractivity contribution in [3.8, 4) is 0 Å². The molecule has 0 atom stereocenters. The van der Waals surface area contributed by atoms with Gasteiger partial charge < -0.3 is 9.64 Å². The van der Waals surface area contributed by atoms with Gasteiger partial charge in [0, 0.05) is 22.9 Å². The highest BCUT2D eigenvalue weighted by Gasteiger charge is 2.29. The summed E-state index contributed by atoms with van der Waals surface area (Å²) >= 11 is 2.20. The number of hydrogen-bond donors (Lipinski definition) is 0. The van der Waals surface area contributed by atoms with E-state index in [0.29, 0.717) is 31.6 Å². The topological polar surface area (TPSA) is 68.8 Å². The molecule has 0 bridgehead atoms. The van der Waals surface area contributed by atoms with Crippen LogP contribution in [0.15, 0.2) is 23.1 Å². The number of ether oxygens (including phenoxy) is 1. The lowest BCUT2D eigenvalue weighted by atomic mass is 10.1. The van der Waals surface area contributed by atoms with E-state index in [2.05, 4.69) is 27.7 Å². The summed E-state index contributed by atoms with van der Waals surface area (Å²) in [6.45, 7) is 6.70. The Morgan fingerprint density at radius 1 is 1.33 bits per heavy atom. The molecule has 7 nitrogen and oxygen atoms in total. The van der Waals surface area contributed by atoms with Gasteiger partial charge in [-0.1, -0.05) is 0 Å². The van der Waals surface area contributed by atoms with Crippen molar-refractivity contribution < 1.29 is 9.53 Å². The van der Waals surface area contributed by atoms with Crippen molar-refractivity contribution in [3.05, 3.63) is 32.4 Å². The van der Waals surface area contributed by atoms with Crippen LogP contribution in [-0.2, 0) is 4.74 Å². The van der Waals surface area contributed by atoms with Crippen LogP contribution in [0.3, 0.4) is 0 Å². The fourth-order valence-electron chi connectivity index (χ4n) is 2.82. The van der Waals surface area contributed by atoms with E-state index in [0.717, 1.165) is 3.57 Å². The standard InChI is InChI=1S/C16H21IN4O3/c1-16(2,3)24-15(23)19-7-5-12(6-8-19)21-14(22)20-9-4-11(17)10-13(20)18-21/h4,9-10,12H,5-8H2,1-3H3. The molecule has 130 valence electrons. The van der Waals surface area contributed by atoms with E-state index in [4.69, 9.17) is 4.74 Å². The van der Waals surface area contributed by atoms with Gasteiger partial charge in [-0.2, -0.15) is 0 Å². The van der Waals surface area contributed by atoms with Gasteiger partial charge in [0.25, 0.3) is 0 Å². The minimum Gasteiger partial charge on any atom is -0.444 e. The van der Waals surface area contributed by atoms with E-state index in [1.165, 1.54) is 0 Å². The molecule has 0 unspecified atom stereocenters. The lowest BCUT2D eigenvalue weighted by molar-refractivity contribution is 0.0184. The normalized spacial score (nSPS) is 16.6. The zero-order valence-corrected chi connectivity index (χ0v) is 16.2. The number of fused-ring (bicyclic) bond motifs is 1. The number of piperidine rings is 1.